The summed E-state index contributed by atoms with van der Waals surface area (Å²) in [6.45, 7) is 1.80. The normalized spacial score (nSPS) is 11.1. The van der Waals surface area contributed by atoms with Gasteiger partial charge in [-0.15, -0.1) is 5.10 Å². The lowest BCUT2D eigenvalue weighted by atomic mass is 10.2. The van der Waals surface area contributed by atoms with Crippen molar-refractivity contribution in [1.82, 2.24) is 20.0 Å². The summed E-state index contributed by atoms with van der Waals surface area (Å²) in [5.74, 6) is 0.274. The Morgan fingerprint density at radius 3 is 2.79 bits per heavy atom. The van der Waals surface area contributed by atoms with Gasteiger partial charge in [0, 0.05) is 12.4 Å². The molecule has 3 heterocycles. The van der Waals surface area contributed by atoms with Crippen LogP contribution in [0.2, 0.25) is 0 Å². The van der Waals surface area contributed by atoms with Gasteiger partial charge >= 0.3 is 6.01 Å². The lowest BCUT2D eigenvalue weighted by molar-refractivity contribution is 0.101. The van der Waals surface area contributed by atoms with E-state index in [0.717, 1.165) is 16.5 Å². The second-order valence-electron chi connectivity index (χ2n) is 5.31. The van der Waals surface area contributed by atoms with Gasteiger partial charge in [-0.25, -0.2) is 0 Å². The fourth-order valence-electron chi connectivity index (χ4n) is 2.49. The van der Waals surface area contributed by atoms with Crippen LogP contribution in [0.3, 0.4) is 0 Å². The van der Waals surface area contributed by atoms with Crippen molar-refractivity contribution >= 4 is 22.9 Å². The minimum absolute atomic E-state index is 0.00365. The van der Waals surface area contributed by atoms with Gasteiger partial charge in [0.25, 0.3) is 11.8 Å². The highest BCUT2D eigenvalue weighted by atomic mass is 16.4. The molecule has 4 aromatic rings. The van der Waals surface area contributed by atoms with E-state index >= 15 is 0 Å². The molecule has 0 unspecified atom stereocenters. The van der Waals surface area contributed by atoms with Crippen molar-refractivity contribution in [2.24, 2.45) is 7.05 Å². The number of carbonyl (C=O) groups is 1. The number of nitrogens with zero attached hydrogens (tertiary/aromatic N) is 4. The zero-order valence-corrected chi connectivity index (χ0v) is 13.0. The van der Waals surface area contributed by atoms with E-state index in [2.05, 4.69) is 20.6 Å². The Labute approximate surface area is 136 Å². The number of benzene rings is 1. The second-order valence-corrected chi connectivity index (χ2v) is 5.31. The van der Waals surface area contributed by atoms with Crippen LogP contribution in [0.5, 0.6) is 0 Å². The number of rotatable bonds is 3. The van der Waals surface area contributed by atoms with Gasteiger partial charge in [-0.05, 0) is 24.6 Å². The van der Waals surface area contributed by atoms with Crippen molar-refractivity contribution in [2.45, 2.75) is 6.92 Å². The molecule has 24 heavy (non-hydrogen) atoms. The van der Waals surface area contributed by atoms with Gasteiger partial charge in [-0.1, -0.05) is 23.3 Å². The van der Waals surface area contributed by atoms with Crippen LogP contribution in [0, 0.1) is 6.92 Å². The Morgan fingerprint density at radius 2 is 2.04 bits per heavy atom. The quantitative estimate of drug-likeness (QED) is 0.622. The summed E-state index contributed by atoms with van der Waals surface area (Å²) in [4.78, 5) is 12.3. The van der Waals surface area contributed by atoms with Crippen molar-refractivity contribution in [3.05, 3.63) is 47.8 Å². The Balaban J connectivity index is 1.60. The maximum atomic E-state index is 12.3. The molecule has 1 amide bonds. The zero-order valence-electron chi connectivity index (χ0n) is 13.0. The molecular formula is C16H13N5O3. The number of fused-ring (bicyclic) bond motifs is 1. The largest absolute Gasteiger partial charge is 0.451 e. The van der Waals surface area contributed by atoms with Crippen molar-refractivity contribution < 1.29 is 13.6 Å². The SMILES string of the molecule is Cc1cnn(C)c1C(=O)Nc1nnc(-c2cc3ccccc3o2)o1. The Morgan fingerprint density at radius 1 is 1.21 bits per heavy atom. The van der Waals surface area contributed by atoms with Crippen molar-refractivity contribution in [3.8, 4) is 11.7 Å². The maximum Gasteiger partial charge on any atom is 0.322 e. The van der Waals surface area contributed by atoms with Crippen LogP contribution >= 0.6 is 0 Å². The Kier molecular flexibility index (Phi) is 3.16. The van der Waals surface area contributed by atoms with E-state index < -0.39 is 0 Å². The first-order valence-electron chi connectivity index (χ1n) is 7.24. The maximum absolute atomic E-state index is 12.3. The molecule has 0 saturated carbocycles. The average Bonchev–Trinajstić information content (AvgIpc) is 3.25. The fourth-order valence-corrected chi connectivity index (χ4v) is 2.49. The molecule has 8 nitrogen and oxygen atoms in total. The molecule has 0 atom stereocenters. The fraction of sp³-hybridized carbons (Fsp3) is 0.125. The van der Waals surface area contributed by atoms with Gasteiger partial charge in [0.1, 0.15) is 11.3 Å². The Hall–Kier alpha value is -3.42. The number of amides is 1. The molecular weight excluding hydrogens is 310 g/mol. The summed E-state index contributed by atoms with van der Waals surface area (Å²) in [6, 6.07) is 9.37. The number of furan rings is 1. The monoisotopic (exact) mass is 323 g/mol. The summed E-state index contributed by atoms with van der Waals surface area (Å²) in [5, 5.41) is 15.3. The van der Waals surface area contributed by atoms with Gasteiger partial charge in [0.05, 0.1) is 6.20 Å². The van der Waals surface area contributed by atoms with E-state index in [1.54, 1.807) is 26.2 Å². The van der Waals surface area contributed by atoms with E-state index in [1.165, 1.54) is 4.68 Å². The molecule has 0 radical (unpaired) electrons. The number of hydrogen-bond acceptors (Lipinski definition) is 6. The third-order valence-electron chi connectivity index (χ3n) is 3.62. The summed E-state index contributed by atoms with van der Waals surface area (Å²) < 4.78 is 12.6. The molecule has 0 spiro atoms. The van der Waals surface area contributed by atoms with Crippen molar-refractivity contribution in [3.63, 3.8) is 0 Å². The zero-order chi connectivity index (χ0) is 16.7. The van der Waals surface area contributed by atoms with E-state index in [9.17, 15) is 4.79 Å². The number of anilines is 1. The van der Waals surface area contributed by atoms with Gasteiger partial charge in [0.15, 0.2) is 5.76 Å². The highest BCUT2D eigenvalue weighted by molar-refractivity contribution is 6.02. The van der Waals surface area contributed by atoms with Gasteiger partial charge in [0.2, 0.25) is 0 Å². The van der Waals surface area contributed by atoms with E-state index in [1.807, 2.05) is 24.3 Å². The van der Waals surface area contributed by atoms with Gasteiger partial charge in [-0.3, -0.25) is 14.8 Å². The summed E-state index contributed by atoms with van der Waals surface area (Å²) in [5.41, 5.74) is 1.91. The van der Waals surface area contributed by atoms with Crippen LogP contribution < -0.4 is 5.32 Å². The van der Waals surface area contributed by atoms with E-state index in [-0.39, 0.29) is 17.8 Å². The molecule has 1 N–H and O–H groups in total. The minimum Gasteiger partial charge on any atom is -0.451 e. The smallest absolute Gasteiger partial charge is 0.322 e. The number of aryl methyl sites for hydroxylation is 2. The predicted octanol–water partition coefficient (Wildman–Crippen LogP) is 2.78. The van der Waals surface area contributed by atoms with Crippen LogP contribution in [-0.4, -0.2) is 25.9 Å². The van der Waals surface area contributed by atoms with E-state index in [4.69, 9.17) is 8.83 Å². The molecule has 3 aromatic heterocycles. The third-order valence-corrected chi connectivity index (χ3v) is 3.62. The summed E-state index contributed by atoms with van der Waals surface area (Å²) in [6.07, 6.45) is 1.61. The number of carbonyl (C=O) groups excluding carboxylic acids is 1. The van der Waals surface area contributed by atoms with Crippen LogP contribution in [0.1, 0.15) is 16.1 Å². The minimum atomic E-state index is -0.368. The molecule has 120 valence electrons. The Bertz CT molecular complexity index is 991. The van der Waals surface area contributed by atoms with E-state index in [0.29, 0.717) is 11.5 Å². The van der Waals surface area contributed by atoms with Crippen LogP contribution in [0.25, 0.3) is 22.6 Å². The first-order valence-corrected chi connectivity index (χ1v) is 7.24. The first kappa shape index (κ1) is 14.2. The average molecular weight is 323 g/mol. The highest BCUT2D eigenvalue weighted by Gasteiger charge is 2.19. The number of aromatic nitrogens is 4. The molecule has 0 aliphatic rings. The predicted molar refractivity (Wildman–Crippen MR) is 85.4 cm³/mol. The molecule has 0 fully saturated rings. The van der Waals surface area contributed by atoms with Crippen LogP contribution in [0.15, 0.2) is 45.4 Å². The first-order chi connectivity index (χ1) is 11.6. The van der Waals surface area contributed by atoms with Gasteiger partial charge in [-0.2, -0.15) is 5.10 Å². The lowest BCUT2D eigenvalue weighted by Crippen LogP contribution is -2.17. The number of para-hydroxylation sites is 1. The standard InChI is InChI=1S/C16H13N5O3/c1-9-8-17-21(2)13(9)14(22)18-16-20-19-15(24-16)12-7-10-5-3-4-6-11(10)23-12/h3-8H,1-2H3,(H,18,20,22). The third kappa shape index (κ3) is 2.34. The molecule has 0 bridgehead atoms. The molecule has 0 aliphatic heterocycles. The number of nitrogens with one attached hydrogen (secondary N) is 1. The summed E-state index contributed by atoms with van der Waals surface area (Å²) >= 11 is 0. The van der Waals surface area contributed by atoms with Crippen molar-refractivity contribution in [2.75, 3.05) is 5.32 Å². The van der Waals surface area contributed by atoms with Crippen LogP contribution in [-0.2, 0) is 7.05 Å². The van der Waals surface area contributed by atoms with Crippen LogP contribution in [0.4, 0.5) is 6.01 Å². The molecule has 4 rings (SSSR count). The molecule has 0 saturated heterocycles. The molecule has 8 heteroatoms. The number of hydrogen-bond donors (Lipinski definition) is 1. The highest BCUT2D eigenvalue weighted by Crippen LogP contribution is 2.27. The topological polar surface area (TPSA) is 99.0 Å². The lowest BCUT2D eigenvalue weighted by Gasteiger charge is -2.01. The van der Waals surface area contributed by atoms with Crippen molar-refractivity contribution in [1.29, 1.82) is 0 Å². The summed E-state index contributed by atoms with van der Waals surface area (Å²) in [7, 11) is 1.69. The second kappa shape index (κ2) is 5.34. The molecule has 0 aliphatic carbocycles. The van der Waals surface area contributed by atoms with Gasteiger partial charge < -0.3 is 8.83 Å². The molecule has 1 aromatic carbocycles.